The number of fused-ring (bicyclic) bond motifs is 2. The van der Waals surface area contributed by atoms with Crippen molar-refractivity contribution in [2.75, 3.05) is 5.32 Å². The largest absolute Gasteiger partial charge is 0.323 e. The number of aromatic nitrogens is 4. The van der Waals surface area contributed by atoms with Crippen molar-refractivity contribution in [1.82, 2.24) is 20.0 Å². The lowest BCUT2D eigenvalue weighted by atomic mass is 10.2. The van der Waals surface area contributed by atoms with Gasteiger partial charge in [0, 0.05) is 16.1 Å². The average molecular weight is 382 g/mol. The molecule has 1 N–H and O–H groups in total. The summed E-state index contributed by atoms with van der Waals surface area (Å²) in [6.07, 6.45) is 1.70. The number of carbonyl (C=O) groups is 1. The fourth-order valence-corrected chi connectivity index (χ4v) is 3.05. The van der Waals surface area contributed by atoms with Gasteiger partial charge in [-0.05, 0) is 30.3 Å². The zero-order valence-corrected chi connectivity index (χ0v) is 14.1. The van der Waals surface area contributed by atoms with Crippen molar-refractivity contribution in [3.63, 3.8) is 0 Å². The van der Waals surface area contributed by atoms with Crippen molar-refractivity contribution < 1.29 is 4.79 Å². The first-order valence-electron chi connectivity index (χ1n) is 7.34. The summed E-state index contributed by atoms with van der Waals surface area (Å²) in [6, 6.07) is 15.1. The molecule has 6 nitrogen and oxygen atoms in total. The minimum Gasteiger partial charge on any atom is -0.323 e. The Bertz CT molecular complexity index is 1060. The van der Waals surface area contributed by atoms with E-state index in [1.54, 1.807) is 10.9 Å². The third-order valence-electron chi connectivity index (χ3n) is 3.70. The van der Waals surface area contributed by atoms with Gasteiger partial charge in [-0.15, -0.1) is 5.10 Å². The molecule has 0 aliphatic carbocycles. The zero-order valence-electron chi connectivity index (χ0n) is 12.5. The molecule has 0 saturated heterocycles. The molecule has 1 amide bonds. The van der Waals surface area contributed by atoms with Crippen molar-refractivity contribution in [1.29, 1.82) is 0 Å². The van der Waals surface area contributed by atoms with E-state index in [0.717, 1.165) is 26.4 Å². The van der Waals surface area contributed by atoms with E-state index in [2.05, 4.69) is 36.5 Å². The second kappa shape index (κ2) is 6.01. The van der Waals surface area contributed by atoms with E-state index in [9.17, 15) is 4.79 Å². The maximum absolute atomic E-state index is 12.4. The van der Waals surface area contributed by atoms with Gasteiger partial charge >= 0.3 is 0 Å². The molecule has 2 aromatic heterocycles. The first-order chi connectivity index (χ1) is 11.7. The first-order valence-corrected chi connectivity index (χ1v) is 8.13. The van der Waals surface area contributed by atoms with Gasteiger partial charge in [-0.3, -0.25) is 9.78 Å². The maximum Gasteiger partial charge on any atom is 0.246 e. The number of benzene rings is 2. The van der Waals surface area contributed by atoms with Crippen LogP contribution in [0.1, 0.15) is 0 Å². The molecular weight excluding hydrogens is 370 g/mol. The number of halogens is 1. The number of nitrogens with one attached hydrogen (secondary N) is 1. The highest BCUT2D eigenvalue weighted by atomic mass is 79.9. The summed E-state index contributed by atoms with van der Waals surface area (Å²) in [4.78, 5) is 16.8. The summed E-state index contributed by atoms with van der Waals surface area (Å²) in [5.41, 5.74) is 3.00. The normalized spacial score (nSPS) is 11.0. The maximum atomic E-state index is 12.4. The van der Waals surface area contributed by atoms with Gasteiger partial charge in [0.05, 0.1) is 16.7 Å². The minimum absolute atomic E-state index is 0.0882. The van der Waals surface area contributed by atoms with E-state index in [0.29, 0.717) is 5.69 Å². The number of hydrogen-bond acceptors (Lipinski definition) is 4. The Hall–Kier alpha value is -2.80. The Morgan fingerprint density at radius 3 is 2.92 bits per heavy atom. The first kappa shape index (κ1) is 14.8. The van der Waals surface area contributed by atoms with Gasteiger partial charge in [0.25, 0.3) is 0 Å². The molecule has 0 aliphatic heterocycles. The molecule has 4 aromatic rings. The average Bonchev–Trinajstić information content (AvgIpc) is 3.01. The Kier molecular flexibility index (Phi) is 3.70. The monoisotopic (exact) mass is 381 g/mol. The van der Waals surface area contributed by atoms with Gasteiger partial charge in [0.1, 0.15) is 12.1 Å². The fourth-order valence-electron chi connectivity index (χ4n) is 2.60. The van der Waals surface area contributed by atoms with E-state index in [-0.39, 0.29) is 12.5 Å². The molecule has 0 fully saturated rings. The third kappa shape index (κ3) is 2.63. The number of nitrogens with zero attached hydrogens (tertiary/aromatic N) is 4. The Labute approximate surface area is 145 Å². The minimum atomic E-state index is -0.181. The number of rotatable bonds is 3. The highest BCUT2D eigenvalue weighted by Gasteiger charge is 2.11. The number of carbonyl (C=O) groups excluding carboxylic acids is 1. The molecule has 24 heavy (non-hydrogen) atoms. The van der Waals surface area contributed by atoms with Crippen LogP contribution in [0.4, 0.5) is 5.69 Å². The molecule has 0 unspecified atom stereocenters. The summed E-state index contributed by atoms with van der Waals surface area (Å²) in [6.45, 7) is 0.0882. The summed E-state index contributed by atoms with van der Waals surface area (Å²) in [5.74, 6) is -0.181. The summed E-state index contributed by atoms with van der Waals surface area (Å²) in [7, 11) is 0. The molecule has 0 bridgehead atoms. The molecule has 0 spiro atoms. The van der Waals surface area contributed by atoms with E-state index in [4.69, 9.17) is 0 Å². The highest BCUT2D eigenvalue weighted by Crippen LogP contribution is 2.28. The summed E-state index contributed by atoms with van der Waals surface area (Å²) in [5, 5.41) is 11.9. The van der Waals surface area contributed by atoms with Gasteiger partial charge in [-0.1, -0.05) is 39.3 Å². The van der Waals surface area contributed by atoms with Crippen LogP contribution in [0, 0.1) is 0 Å². The predicted molar refractivity (Wildman–Crippen MR) is 95.6 cm³/mol. The van der Waals surface area contributed by atoms with Crippen molar-refractivity contribution >= 4 is 49.5 Å². The van der Waals surface area contributed by atoms with Crippen molar-refractivity contribution in [3.8, 4) is 0 Å². The van der Waals surface area contributed by atoms with Crippen LogP contribution >= 0.6 is 15.9 Å². The van der Waals surface area contributed by atoms with Crippen molar-refractivity contribution in [2.24, 2.45) is 0 Å². The number of anilines is 1. The van der Waals surface area contributed by atoms with Crippen molar-refractivity contribution in [2.45, 2.75) is 6.54 Å². The van der Waals surface area contributed by atoms with Crippen LogP contribution in [0.5, 0.6) is 0 Å². The lowest BCUT2D eigenvalue weighted by molar-refractivity contribution is -0.116. The van der Waals surface area contributed by atoms with Crippen LogP contribution in [0.3, 0.4) is 0 Å². The van der Waals surface area contributed by atoms with Crippen LogP contribution in [0.2, 0.25) is 0 Å². The molecule has 7 heteroatoms. The molecule has 0 atom stereocenters. The Morgan fingerprint density at radius 2 is 2.00 bits per heavy atom. The third-order valence-corrected chi connectivity index (χ3v) is 4.40. The standard InChI is InChI=1S/C17H12BrN5O/c18-12-7-8-14(17-11(12)4-3-9-19-17)20-16(24)10-23-15-6-2-1-5-13(15)21-22-23/h1-9H,10H2,(H,20,24). The zero-order chi connectivity index (χ0) is 16.5. The smallest absolute Gasteiger partial charge is 0.246 e. The number of hydrogen-bond donors (Lipinski definition) is 1. The molecule has 4 rings (SSSR count). The number of para-hydroxylation sites is 1. The van der Waals surface area contributed by atoms with Crippen molar-refractivity contribution in [3.05, 3.63) is 59.2 Å². The number of pyridine rings is 1. The lowest BCUT2D eigenvalue weighted by Crippen LogP contribution is -2.19. The van der Waals surface area contributed by atoms with Crippen LogP contribution < -0.4 is 5.32 Å². The molecular formula is C17H12BrN5O. The molecule has 0 radical (unpaired) electrons. The highest BCUT2D eigenvalue weighted by molar-refractivity contribution is 9.10. The number of amides is 1. The van der Waals surface area contributed by atoms with E-state index < -0.39 is 0 Å². The van der Waals surface area contributed by atoms with E-state index >= 15 is 0 Å². The lowest BCUT2D eigenvalue weighted by Gasteiger charge is -2.09. The molecule has 2 aromatic carbocycles. The van der Waals surface area contributed by atoms with Gasteiger partial charge in [-0.2, -0.15) is 0 Å². The van der Waals surface area contributed by atoms with Crippen LogP contribution in [-0.4, -0.2) is 25.9 Å². The Balaban J connectivity index is 1.62. The second-order valence-corrected chi connectivity index (χ2v) is 6.13. The second-order valence-electron chi connectivity index (χ2n) is 5.28. The SMILES string of the molecule is O=C(Cn1nnc2ccccc21)Nc1ccc(Br)c2cccnc12. The van der Waals surface area contributed by atoms with Crippen LogP contribution in [0.25, 0.3) is 21.9 Å². The fraction of sp³-hybridized carbons (Fsp3) is 0.0588. The topological polar surface area (TPSA) is 72.7 Å². The van der Waals surface area contributed by atoms with Gasteiger partial charge in [-0.25, -0.2) is 4.68 Å². The van der Waals surface area contributed by atoms with Gasteiger partial charge in [0.15, 0.2) is 0 Å². The quantitative estimate of drug-likeness (QED) is 0.590. The summed E-state index contributed by atoms with van der Waals surface area (Å²) < 4.78 is 2.52. The summed E-state index contributed by atoms with van der Waals surface area (Å²) >= 11 is 3.50. The van der Waals surface area contributed by atoms with Crippen LogP contribution in [-0.2, 0) is 11.3 Å². The molecule has 118 valence electrons. The molecule has 0 aliphatic rings. The molecule has 0 saturated carbocycles. The van der Waals surface area contributed by atoms with E-state index in [1.165, 1.54) is 0 Å². The van der Waals surface area contributed by atoms with Gasteiger partial charge < -0.3 is 5.32 Å². The van der Waals surface area contributed by atoms with Crippen LogP contribution in [0.15, 0.2) is 59.2 Å². The van der Waals surface area contributed by atoms with Gasteiger partial charge in [0.2, 0.25) is 5.91 Å². The predicted octanol–water partition coefficient (Wildman–Crippen LogP) is 3.38. The molecule has 2 heterocycles. The Morgan fingerprint density at radius 1 is 1.12 bits per heavy atom. The van der Waals surface area contributed by atoms with E-state index in [1.807, 2.05) is 48.5 Å².